The lowest BCUT2D eigenvalue weighted by Crippen LogP contribution is -2.21. The number of hydrogen-bond donors (Lipinski definition) is 1. The fourth-order valence-corrected chi connectivity index (χ4v) is 3.39. The van der Waals surface area contributed by atoms with E-state index in [0.29, 0.717) is 11.1 Å². The zero-order valence-corrected chi connectivity index (χ0v) is 16.4. The lowest BCUT2D eigenvalue weighted by molar-refractivity contribution is 0.0827. The predicted octanol–water partition coefficient (Wildman–Crippen LogP) is 4.75. The van der Waals surface area contributed by atoms with Crippen molar-refractivity contribution < 1.29 is 13.9 Å². The van der Waals surface area contributed by atoms with Crippen LogP contribution in [0.5, 0.6) is 5.75 Å². The predicted molar refractivity (Wildman–Crippen MR) is 111 cm³/mol. The first-order valence-corrected chi connectivity index (χ1v) is 9.11. The van der Waals surface area contributed by atoms with E-state index in [1.165, 1.54) is 17.0 Å². The molecule has 29 heavy (non-hydrogen) atoms. The molecule has 0 saturated heterocycles. The number of aromatic amines is 1. The van der Waals surface area contributed by atoms with Crippen LogP contribution in [0, 0.1) is 5.82 Å². The second-order valence-corrected chi connectivity index (χ2v) is 6.95. The molecule has 5 nitrogen and oxygen atoms in total. The number of hydrogen-bond acceptors (Lipinski definition) is 3. The van der Waals surface area contributed by atoms with Gasteiger partial charge in [-0.25, -0.2) is 9.37 Å². The zero-order chi connectivity index (χ0) is 20.5. The van der Waals surface area contributed by atoms with E-state index in [1.807, 2.05) is 36.5 Å². The number of fused-ring (bicyclic) bond motifs is 1. The number of halogens is 1. The highest BCUT2D eigenvalue weighted by Crippen LogP contribution is 2.36. The summed E-state index contributed by atoms with van der Waals surface area (Å²) in [5.41, 5.74) is 4.20. The van der Waals surface area contributed by atoms with Crippen molar-refractivity contribution in [3.05, 3.63) is 72.3 Å². The largest absolute Gasteiger partial charge is 0.496 e. The van der Waals surface area contributed by atoms with Gasteiger partial charge in [0, 0.05) is 54.1 Å². The number of ether oxygens (including phenoxy) is 1. The first-order valence-electron chi connectivity index (χ1n) is 9.11. The third-order valence-corrected chi connectivity index (χ3v) is 4.81. The standard InChI is InChI=1S/C23H20FN3O2/c1-27(2)23(28)15-8-14(9-17(24)10-15)16-11-19-20(13-26-22(19)25-12-16)18-6-4-5-7-21(18)29-3/h4-13H,1-3H3,(H,25,26). The lowest BCUT2D eigenvalue weighted by Gasteiger charge is -2.12. The zero-order valence-electron chi connectivity index (χ0n) is 16.4. The summed E-state index contributed by atoms with van der Waals surface area (Å²) in [6, 6.07) is 14.0. The monoisotopic (exact) mass is 389 g/mol. The molecule has 6 heteroatoms. The highest BCUT2D eigenvalue weighted by Gasteiger charge is 2.15. The first-order chi connectivity index (χ1) is 14.0. The van der Waals surface area contributed by atoms with Crippen molar-refractivity contribution in [3.63, 3.8) is 0 Å². The van der Waals surface area contributed by atoms with Crippen molar-refractivity contribution in [2.24, 2.45) is 0 Å². The number of nitrogens with zero attached hydrogens (tertiary/aromatic N) is 2. The maximum absolute atomic E-state index is 14.2. The van der Waals surface area contributed by atoms with Crippen LogP contribution >= 0.6 is 0 Å². The second kappa shape index (κ2) is 7.39. The Labute approximate surface area is 167 Å². The van der Waals surface area contributed by atoms with Gasteiger partial charge in [0.2, 0.25) is 0 Å². The average Bonchev–Trinajstić information content (AvgIpc) is 3.15. The van der Waals surface area contributed by atoms with Crippen molar-refractivity contribution in [1.82, 2.24) is 14.9 Å². The second-order valence-electron chi connectivity index (χ2n) is 6.95. The van der Waals surface area contributed by atoms with Gasteiger partial charge in [-0.05, 0) is 35.9 Å². The van der Waals surface area contributed by atoms with Crippen LogP contribution in [0.1, 0.15) is 10.4 Å². The smallest absolute Gasteiger partial charge is 0.253 e. The Morgan fingerprint density at radius 3 is 2.62 bits per heavy atom. The average molecular weight is 389 g/mol. The molecule has 0 atom stereocenters. The number of carbonyl (C=O) groups excluding carboxylic acids is 1. The maximum atomic E-state index is 14.2. The van der Waals surface area contributed by atoms with Gasteiger partial charge in [-0.1, -0.05) is 18.2 Å². The number of benzene rings is 2. The van der Waals surface area contributed by atoms with Gasteiger partial charge < -0.3 is 14.6 Å². The number of methoxy groups -OCH3 is 1. The minimum absolute atomic E-state index is 0.254. The number of rotatable bonds is 4. The fourth-order valence-electron chi connectivity index (χ4n) is 3.39. The molecular formula is C23H20FN3O2. The number of aromatic nitrogens is 2. The molecule has 0 aliphatic rings. The molecule has 146 valence electrons. The molecule has 1 amide bonds. The topological polar surface area (TPSA) is 58.2 Å². The molecule has 2 aromatic heterocycles. The number of pyridine rings is 1. The number of H-pyrrole nitrogens is 1. The van der Waals surface area contributed by atoms with E-state index in [-0.39, 0.29) is 5.91 Å². The van der Waals surface area contributed by atoms with E-state index < -0.39 is 5.82 Å². The van der Waals surface area contributed by atoms with Crippen LogP contribution in [0.4, 0.5) is 4.39 Å². The van der Waals surface area contributed by atoms with Crippen molar-refractivity contribution in [2.45, 2.75) is 0 Å². The van der Waals surface area contributed by atoms with E-state index in [9.17, 15) is 9.18 Å². The van der Waals surface area contributed by atoms with Gasteiger partial charge in [-0.3, -0.25) is 4.79 Å². The summed E-state index contributed by atoms with van der Waals surface area (Å²) in [5, 5.41) is 0.886. The first kappa shape index (κ1) is 18.7. The minimum atomic E-state index is -0.466. The molecule has 0 aliphatic carbocycles. The molecule has 0 saturated carbocycles. The van der Waals surface area contributed by atoms with Crippen LogP contribution in [0.15, 0.2) is 60.9 Å². The molecule has 0 radical (unpaired) electrons. The van der Waals surface area contributed by atoms with Crippen LogP contribution in [0.25, 0.3) is 33.3 Å². The van der Waals surface area contributed by atoms with E-state index in [2.05, 4.69) is 9.97 Å². The van der Waals surface area contributed by atoms with Crippen molar-refractivity contribution >= 4 is 16.9 Å². The molecule has 0 aliphatic heterocycles. The maximum Gasteiger partial charge on any atom is 0.253 e. The third kappa shape index (κ3) is 3.45. The Hall–Kier alpha value is -3.67. The van der Waals surface area contributed by atoms with Gasteiger partial charge in [-0.15, -0.1) is 0 Å². The quantitative estimate of drug-likeness (QED) is 0.548. The number of para-hydroxylation sites is 1. The molecule has 0 fully saturated rings. The summed E-state index contributed by atoms with van der Waals surface area (Å²) in [5.74, 6) is 0.0337. The van der Waals surface area contributed by atoms with Crippen molar-refractivity contribution in [3.8, 4) is 28.0 Å². The normalized spacial score (nSPS) is 10.9. The van der Waals surface area contributed by atoms with Crippen LogP contribution in [-0.4, -0.2) is 42.0 Å². The molecule has 4 rings (SSSR count). The van der Waals surface area contributed by atoms with E-state index >= 15 is 0 Å². The Morgan fingerprint density at radius 1 is 1.07 bits per heavy atom. The number of nitrogens with one attached hydrogen (secondary N) is 1. The molecule has 1 N–H and O–H groups in total. The van der Waals surface area contributed by atoms with Crippen LogP contribution < -0.4 is 4.74 Å². The Kier molecular flexibility index (Phi) is 4.76. The van der Waals surface area contributed by atoms with E-state index in [4.69, 9.17) is 4.74 Å². The van der Waals surface area contributed by atoms with Gasteiger partial charge in [0.05, 0.1) is 7.11 Å². The molecular weight excluding hydrogens is 369 g/mol. The van der Waals surface area contributed by atoms with Gasteiger partial charge in [-0.2, -0.15) is 0 Å². The Balaban J connectivity index is 1.86. The molecule has 2 heterocycles. The molecule has 4 aromatic rings. The van der Waals surface area contributed by atoms with E-state index in [1.54, 1.807) is 33.5 Å². The van der Waals surface area contributed by atoms with Crippen molar-refractivity contribution in [2.75, 3.05) is 21.2 Å². The van der Waals surface area contributed by atoms with E-state index in [0.717, 1.165) is 33.5 Å². The minimum Gasteiger partial charge on any atom is -0.496 e. The Bertz CT molecular complexity index is 1210. The highest BCUT2D eigenvalue weighted by atomic mass is 19.1. The number of carbonyl (C=O) groups is 1. The number of amides is 1. The SMILES string of the molecule is COc1ccccc1-c1c[nH]c2ncc(-c3cc(F)cc(C(=O)N(C)C)c3)cc12. The summed E-state index contributed by atoms with van der Waals surface area (Å²) in [7, 11) is 4.91. The van der Waals surface area contributed by atoms with Crippen LogP contribution in [0.2, 0.25) is 0 Å². The molecule has 2 aromatic carbocycles. The summed E-state index contributed by atoms with van der Waals surface area (Å²) in [6.07, 6.45) is 3.55. The lowest BCUT2D eigenvalue weighted by atomic mass is 10.00. The van der Waals surface area contributed by atoms with Gasteiger partial charge in [0.1, 0.15) is 17.2 Å². The fraction of sp³-hybridized carbons (Fsp3) is 0.130. The highest BCUT2D eigenvalue weighted by molar-refractivity contribution is 5.98. The molecule has 0 bridgehead atoms. The summed E-state index contributed by atoms with van der Waals surface area (Å²) < 4.78 is 19.7. The van der Waals surface area contributed by atoms with Gasteiger partial charge in [0.15, 0.2) is 0 Å². The molecule has 0 unspecified atom stereocenters. The van der Waals surface area contributed by atoms with Crippen molar-refractivity contribution in [1.29, 1.82) is 0 Å². The van der Waals surface area contributed by atoms with Crippen LogP contribution in [0.3, 0.4) is 0 Å². The summed E-state index contributed by atoms with van der Waals surface area (Å²) in [4.78, 5) is 21.4. The Morgan fingerprint density at radius 2 is 1.86 bits per heavy atom. The summed E-state index contributed by atoms with van der Waals surface area (Å²) >= 11 is 0. The van der Waals surface area contributed by atoms with Crippen LogP contribution in [-0.2, 0) is 0 Å². The summed E-state index contributed by atoms with van der Waals surface area (Å²) in [6.45, 7) is 0. The van der Waals surface area contributed by atoms with Gasteiger partial charge in [0.25, 0.3) is 5.91 Å². The van der Waals surface area contributed by atoms with Gasteiger partial charge >= 0.3 is 0 Å². The third-order valence-electron chi connectivity index (χ3n) is 4.81. The molecule has 0 spiro atoms.